The zero-order valence-corrected chi connectivity index (χ0v) is 13.7. The summed E-state index contributed by atoms with van der Waals surface area (Å²) in [6.45, 7) is 2.77. The van der Waals surface area contributed by atoms with Crippen LogP contribution in [0.2, 0.25) is 0 Å². The molecule has 0 aliphatic heterocycles. The molecule has 4 nitrogen and oxygen atoms in total. The molecule has 2 aromatic rings. The highest BCUT2D eigenvalue weighted by Gasteiger charge is 2.08. The van der Waals surface area contributed by atoms with Gasteiger partial charge in [-0.15, -0.1) is 0 Å². The van der Waals surface area contributed by atoms with E-state index in [0.717, 1.165) is 22.4 Å². The fourth-order valence-corrected chi connectivity index (χ4v) is 2.39. The SMILES string of the molecule is COCc1cc(C)ccc1-c1ccc(OCC(CO)CO)cc1. The van der Waals surface area contributed by atoms with E-state index in [-0.39, 0.29) is 19.1 Å². The van der Waals surface area contributed by atoms with Gasteiger partial charge in [0, 0.05) is 13.0 Å². The van der Waals surface area contributed by atoms with Crippen LogP contribution in [0.1, 0.15) is 11.1 Å². The average molecular weight is 316 g/mol. The number of hydrogen-bond donors (Lipinski definition) is 2. The molecular formula is C19H24O4. The molecule has 0 saturated heterocycles. The summed E-state index contributed by atoms with van der Waals surface area (Å²) in [5.74, 6) is 0.473. The van der Waals surface area contributed by atoms with E-state index in [1.165, 1.54) is 5.56 Å². The van der Waals surface area contributed by atoms with Crippen LogP contribution in [0, 0.1) is 12.8 Å². The van der Waals surface area contributed by atoms with Crippen molar-refractivity contribution in [3.63, 3.8) is 0 Å². The Labute approximate surface area is 137 Å². The Bertz CT molecular complexity index is 603. The Kier molecular flexibility index (Phi) is 6.59. The largest absolute Gasteiger partial charge is 0.493 e. The average Bonchev–Trinajstić information content (AvgIpc) is 2.57. The minimum Gasteiger partial charge on any atom is -0.493 e. The van der Waals surface area contributed by atoms with Gasteiger partial charge >= 0.3 is 0 Å². The van der Waals surface area contributed by atoms with Gasteiger partial charge in [-0.05, 0) is 35.7 Å². The summed E-state index contributed by atoms with van der Waals surface area (Å²) in [6.07, 6.45) is 0. The summed E-state index contributed by atoms with van der Waals surface area (Å²) in [5, 5.41) is 18.1. The van der Waals surface area contributed by atoms with E-state index >= 15 is 0 Å². The maximum Gasteiger partial charge on any atom is 0.119 e. The molecular weight excluding hydrogens is 292 g/mol. The molecule has 0 aliphatic rings. The van der Waals surface area contributed by atoms with Gasteiger partial charge in [0.15, 0.2) is 0 Å². The van der Waals surface area contributed by atoms with Gasteiger partial charge in [-0.2, -0.15) is 0 Å². The molecule has 0 aromatic heterocycles. The molecule has 124 valence electrons. The molecule has 0 radical (unpaired) electrons. The second-order valence-corrected chi connectivity index (χ2v) is 5.66. The standard InChI is InChI=1S/C19H24O4/c1-14-3-8-19(17(9-14)13-22-2)16-4-6-18(7-5-16)23-12-15(10-20)11-21/h3-9,15,20-21H,10-13H2,1-2H3. The predicted molar refractivity (Wildman–Crippen MR) is 90.5 cm³/mol. The van der Waals surface area contributed by atoms with Crippen LogP contribution in [0.4, 0.5) is 0 Å². The molecule has 0 saturated carbocycles. The molecule has 23 heavy (non-hydrogen) atoms. The van der Waals surface area contributed by atoms with Crippen LogP contribution in [0.25, 0.3) is 11.1 Å². The van der Waals surface area contributed by atoms with E-state index in [1.807, 2.05) is 24.3 Å². The second kappa shape index (κ2) is 8.67. The van der Waals surface area contributed by atoms with Crippen molar-refractivity contribution in [2.24, 2.45) is 5.92 Å². The van der Waals surface area contributed by atoms with E-state index in [2.05, 4.69) is 25.1 Å². The van der Waals surface area contributed by atoms with Crippen LogP contribution in [0.3, 0.4) is 0 Å². The van der Waals surface area contributed by atoms with Crippen molar-refractivity contribution in [1.82, 2.24) is 0 Å². The second-order valence-electron chi connectivity index (χ2n) is 5.66. The van der Waals surface area contributed by atoms with E-state index in [9.17, 15) is 0 Å². The molecule has 0 heterocycles. The summed E-state index contributed by atoms with van der Waals surface area (Å²) in [5.41, 5.74) is 4.61. The van der Waals surface area contributed by atoms with Gasteiger partial charge in [-0.1, -0.05) is 35.9 Å². The normalized spacial score (nSPS) is 11.0. The highest BCUT2D eigenvalue weighted by Crippen LogP contribution is 2.27. The highest BCUT2D eigenvalue weighted by atomic mass is 16.5. The van der Waals surface area contributed by atoms with E-state index < -0.39 is 0 Å². The molecule has 2 rings (SSSR count). The van der Waals surface area contributed by atoms with Gasteiger partial charge in [-0.3, -0.25) is 0 Å². The van der Waals surface area contributed by atoms with Crippen LogP contribution in [0.15, 0.2) is 42.5 Å². The van der Waals surface area contributed by atoms with Crippen molar-refractivity contribution in [2.75, 3.05) is 26.9 Å². The first-order valence-electron chi connectivity index (χ1n) is 7.71. The third kappa shape index (κ3) is 4.79. The van der Waals surface area contributed by atoms with E-state index in [0.29, 0.717) is 13.2 Å². The Morgan fingerprint density at radius 3 is 2.30 bits per heavy atom. The Hall–Kier alpha value is -1.88. The number of benzene rings is 2. The lowest BCUT2D eigenvalue weighted by atomic mass is 9.98. The number of methoxy groups -OCH3 is 1. The first kappa shape index (κ1) is 17.5. The summed E-state index contributed by atoms with van der Waals surface area (Å²) in [4.78, 5) is 0. The molecule has 2 aromatic carbocycles. The molecule has 0 spiro atoms. The lowest BCUT2D eigenvalue weighted by Gasteiger charge is -2.14. The van der Waals surface area contributed by atoms with Crippen LogP contribution >= 0.6 is 0 Å². The van der Waals surface area contributed by atoms with Crippen LogP contribution in [-0.2, 0) is 11.3 Å². The first-order valence-corrected chi connectivity index (χ1v) is 7.71. The molecule has 0 atom stereocenters. The summed E-state index contributed by atoms with van der Waals surface area (Å²) in [6, 6.07) is 14.1. The van der Waals surface area contributed by atoms with Gasteiger partial charge in [0.05, 0.1) is 26.4 Å². The van der Waals surface area contributed by atoms with Crippen molar-refractivity contribution in [2.45, 2.75) is 13.5 Å². The first-order chi connectivity index (χ1) is 11.2. The monoisotopic (exact) mass is 316 g/mol. The van der Waals surface area contributed by atoms with E-state index in [4.69, 9.17) is 19.7 Å². The maximum atomic E-state index is 9.05. The van der Waals surface area contributed by atoms with Crippen molar-refractivity contribution in [3.05, 3.63) is 53.6 Å². The fourth-order valence-electron chi connectivity index (χ4n) is 2.39. The Morgan fingerprint density at radius 1 is 1.00 bits per heavy atom. The van der Waals surface area contributed by atoms with Crippen molar-refractivity contribution in [1.29, 1.82) is 0 Å². The van der Waals surface area contributed by atoms with E-state index in [1.54, 1.807) is 7.11 Å². The number of hydrogen-bond acceptors (Lipinski definition) is 4. The van der Waals surface area contributed by atoms with Gasteiger partial charge in [0.25, 0.3) is 0 Å². The van der Waals surface area contributed by atoms with Crippen molar-refractivity contribution < 1.29 is 19.7 Å². The zero-order valence-electron chi connectivity index (χ0n) is 13.7. The van der Waals surface area contributed by atoms with Gasteiger partial charge < -0.3 is 19.7 Å². The van der Waals surface area contributed by atoms with Crippen molar-refractivity contribution >= 4 is 0 Å². The third-order valence-electron chi connectivity index (χ3n) is 3.73. The Morgan fingerprint density at radius 2 is 1.70 bits per heavy atom. The predicted octanol–water partition coefficient (Wildman–Crippen LogP) is 2.79. The van der Waals surface area contributed by atoms with Gasteiger partial charge in [0.1, 0.15) is 5.75 Å². The molecule has 0 aliphatic carbocycles. The van der Waals surface area contributed by atoms with Crippen LogP contribution in [0.5, 0.6) is 5.75 Å². The third-order valence-corrected chi connectivity index (χ3v) is 3.73. The van der Waals surface area contributed by atoms with Crippen LogP contribution < -0.4 is 4.74 Å². The lowest BCUT2D eigenvalue weighted by Crippen LogP contribution is -2.19. The molecule has 2 N–H and O–H groups in total. The van der Waals surface area contributed by atoms with Gasteiger partial charge in [0.2, 0.25) is 0 Å². The minimum absolute atomic E-state index is 0.0850. The van der Waals surface area contributed by atoms with Gasteiger partial charge in [-0.25, -0.2) is 0 Å². The molecule has 4 heteroatoms. The molecule has 0 fully saturated rings. The minimum atomic E-state index is -0.250. The van der Waals surface area contributed by atoms with Crippen LogP contribution in [-0.4, -0.2) is 37.1 Å². The smallest absolute Gasteiger partial charge is 0.119 e. The molecule has 0 amide bonds. The topological polar surface area (TPSA) is 58.9 Å². The summed E-state index contributed by atoms with van der Waals surface area (Å²) in [7, 11) is 1.70. The van der Waals surface area contributed by atoms with Crippen molar-refractivity contribution in [3.8, 4) is 16.9 Å². The Balaban J connectivity index is 2.13. The zero-order chi connectivity index (χ0) is 16.7. The quantitative estimate of drug-likeness (QED) is 0.786. The summed E-state index contributed by atoms with van der Waals surface area (Å²) < 4.78 is 10.9. The fraction of sp³-hybridized carbons (Fsp3) is 0.368. The number of ether oxygens (including phenoxy) is 2. The number of rotatable bonds is 8. The summed E-state index contributed by atoms with van der Waals surface area (Å²) >= 11 is 0. The maximum absolute atomic E-state index is 9.05. The molecule has 0 bridgehead atoms. The lowest BCUT2D eigenvalue weighted by molar-refractivity contribution is 0.106. The highest BCUT2D eigenvalue weighted by molar-refractivity contribution is 5.68. The number of aliphatic hydroxyl groups is 2. The molecule has 0 unspecified atom stereocenters. The number of aliphatic hydroxyl groups excluding tert-OH is 2. The number of aryl methyl sites for hydroxylation is 1.